The highest BCUT2D eigenvalue weighted by Gasteiger charge is 2.36. The molecule has 0 saturated carbocycles. The maximum absolute atomic E-state index is 12.8. The molecule has 0 bridgehead atoms. The summed E-state index contributed by atoms with van der Waals surface area (Å²) in [5.74, 6) is 0.148. The summed E-state index contributed by atoms with van der Waals surface area (Å²) in [5.41, 5.74) is 1.34. The first kappa shape index (κ1) is 20.3. The van der Waals surface area contributed by atoms with Gasteiger partial charge in [-0.25, -0.2) is 4.98 Å². The van der Waals surface area contributed by atoms with Gasteiger partial charge < -0.3 is 10.0 Å². The standard InChI is InChI=1S/C24H27N3O3/c28-17-24(16-27-18-25-21-9-5-4-8-20(21)23(27)30)12-14-26(15-13-24)22(29)11-10-19-6-2-1-3-7-19/h1-9,18,28H,10-17H2. The minimum Gasteiger partial charge on any atom is -0.396 e. The molecule has 1 N–H and O–H groups in total. The number of para-hydroxylation sites is 1. The second kappa shape index (κ2) is 8.79. The van der Waals surface area contributed by atoms with Crippen molar-refractivity contribution in [2.45, 2.75) is 32.2 Å². The summed E-state index contributed by atoms with van der Waals surface area (Å²) in [6.45, 7) is 1.60. The van der Waals surface area contributed by atoms with Crippen LogP contribution in [0.1, 0.15) is 24.8 Å². The summed E-state index contributed by atoms with van der Waals surface area (Å²) >= 11 is 0. The first-order valence-electron chi connectivity index (χ1n) is 10.5. The Bertz CT molecular complexity index is 1070. The van der Waals surface area contributed by atoms with Crippen molar-refractivity contribution in [2.24, 2.45) is 5.41 Å². The molecule has 156 valence electrons. The lowest BCUT2D eigenvalue weighted by molar-refractivity contribution is -0.134. The number of carbonyl (C=O) groups is 1. The highest BCUT2D eigenvalue weighted by molar-refractivity contribution is 5.77. The number of aliphatic hydroxyl groups excluding tert-OH is 1. The zero-order chi connectivity index (χ0) is 21.0. The van der Waals surface area contributed by atoms with E-state index >= 15 is 0 Å². The molecule has 4 rings (SSSR count). The van der Waals surface area contributed by atoms with E-state index in [0.717, 1.165) is 12.0 Å². The predicted octanol–water partition coefficient (Wildman–Crippen LogP) is 2.63. The van der Waals surface area contributed by atoms with Gasteiger partial charge in [0.15, 0.2) is 0 Å². The zero-order valence-corrected chi connectivity index (χ0v) is 17.0. The first-order chi connectivity index (χ1) is 14.6. The van der Waals surface area contributed by atoms with Crippen molar-refractivity contribution in [2.75, 3.05) is 19.7 Å². The van der Waals surface area contributed by atoms with Crippen molar-refractivity contribution in [3.05, 3.63) is 76.8 Å². The maximum atomic E-state index is 12.8. The highest BCUT2D eigenvalue weighted by Crippen LogP contribution is 2.33. The van der Waals surface area contributed by atoms with Crippen LogP contribution in [-0.4, -0.2) is 45.2 Å². The van der Waals surface area contributed by atoms with Crippen molar-refractivity contribution in [3.63, 3.8) is 0 Å². The first-order valence-corrected chi connectivity index (χ1v) is 10.5. The van der Waals surface area contributed by atoms with Crippen LogP contribution >= 0.6 is 0 Å². The molecule has 2 aromatic carbocycles. The van der Waals surface area contributed by atoms with E-state index in [1.54, 1.807) is 17.0 Å². The Morgan fingerprint density at radius 3 is 2.47 bits per heavy atom. The number of benzene rings is 2. The molecule has 0 spiro atoms. The molecule has 0 radical (unpaired) electrons. The van der Waals surface area contributed by atoms with Crippen LogP contribution in [0.5, 0.6) is 0 Å². The van der Waals surface area contributed by atoms with Gasteiger partial charge in [0.05, 0.1) is 23.8 Å². The van der Waals surface area contributed by atoms with E-state index in [1.807, 2.05) is 53.4 Å². The smallest absolute Gasteiger partial charge is 0.261 e. The zero-order valence-electron chi connectivity index (χ0n) is 17.0. The van der Waals surface area contributed by atoms with Gasteiger partial charge in [-0.1, -0.05) is 42.5 Å². The van der Waals surface area contributed by atoms with Crippen LogP contribution in [0.3, 0.4) is 0 Å². The third kappa shape index (κ3) is 4.28. The number of rotatable bonds is 6. The third-order valence-electron chi connectivity index (χ3n) is 6.22. The van der Waals surface area contributed by atoms with Crippen molar-refractivity contribution < 1.29 is 9.90 Å². The SMILES string of the molecule is O=C(CCc1ccccc1)N1CCC(CO)(Cn2cnc3ccccc3c2=O)CC1. The van der Waals surface area contributed by atoms with Gasteiger partial charge in [-0.05, 0) is 37.0 Å². The molecule has 0 unspecified atom stereocenters. The molecule has 1 aliphatic heterocycles. The predicted molar refractivity (Wildman–Crippen MR) is 116 cm³/mol. The fourth-order valence-corrected chi connectivity index (χ4v) is 4.23. The quantitative estimate of drug-likeness (QED) is 0.684. The molecule has 3 aromatic rings. The maximum Gasteiger partial charge on any atom is 0.261 e. The van der Waals surface area contributed by atoms with Crippen LogP contribution in [0, 0.1) is 5.41 Å². The van der Waals surface area contributed by atoms with Gasteiger partial charge in [0.25, 0.3) is 5.56 Å². The third-order valence-corrected chi connectivity index (χ3v) is 6.22. The molecule has 2 heterocycles. The number of carbonyl (C=O) groups excluding carboxylic acids is 1. The number of nitrogens with zero attached hydrogens (tertiary/aromatic N) is 3. The van der Waals surface area contributed by atoms with Crippen LogP contribution in [0.25, 0.3) is 10.9 Å². The fraction of sp³-hybridized carbons (Fsp3) is 0.375. The van der Waals surface area contributed by atoms with Gasteiger partial charge >= 0.3 is 0 Å². The molecule has 6 heteroatoms. The summed E-state index contributed by atoms with van der Waals surface area (Å²) in [4.78, 5) is 31.7. The summed E-state index contributed by atoms with van der Waals surface area (Å²) in [6, 6.07) is 17.3. The molecule has 1 fully saturated rings. The van der Waals surface area contributed by atoms with E-state index in [9.17, 15) is 14.7 Å². The van der Waals surface area contributed by atoms with Gasteiger partial charge in [0, 0.05) is 31.5 Å². The summed E-state index contributed by atoms with van der Waals surface area (Å²) < 4.78 is 1.60. The van der Waals surface area contributed by atoms with Crippen LogP contribution in [0.15, 0.2) is 65.7 Å². The lowest BCUT2D eigenvalue weighted by Crippen LogP contribution is -2.47. The second-order valence-corrected chi connectivity index (χ2v) is 8.22. The Hall–Kier alpha value is -2.99. The van der Waals surface area contributed by atoms with Crippen molar-refractivity contribution in [1.82, 2.24) is 14.5 Å². The monoisotopic (exact) mass is 405 g/mol. The summed E-state index contributed by atoms with van der Waals surface area (Å²) in [6.07, 6.45) is 4.13. The summed E-state index contributed by atoms with van der Waals surface area (Å²) in [7, 11) is 0. The number of likely N-dealkylation sites (tertiary alicyclic amines) is 1. The van der Waals surface area contributed by atoms with Gasteiger partial charge in [0.1, 0.15) is 0 Å². The number of amides is 1. The number of aryl methyl sites for hydroxylation is 1. The van der Waals surface area contributed by atoms with E-state index in [1.165, 1.54) is 0 Å². The van der Waals surface area contributed by atoms with E-state index in [0.29, 0.717) is 49.8 Å². The number of aliphatic hydroxyl groups is 1. The molecule has 1 aromatic heterocycles. The number of piperidine rings is 1. The molecular formula is C24H27N3O3. The molecule has 1 saturated heterocycles. The average molecular weight is 405 g/mol. The molecule has 1 amide bonds. The molecule has 1 aliphatic rings. The Labute approximate surface area is 175 Å². The highest BCUT2D eigenvalue weighted by atomic mass is 16.3. The normalized spacial score (nSPS) is 16.0. The van der Waals surface area contributed by atoms with Crippen molar-refractivity contribution in [1.29, 1.82) is 0 Å². The molecular weight excluding hydrogens is 378 g/mol. The van der Waals surface area contributed by atoms with Crippen LogP contribution in [-0.2, 0) is 17.8 Å². The fourth-order valence-electron chi connectivity index (χ4n) is 4.23. The van der Waals surface area contributed by atoms with Crippen LogP contribution < -0.4 is 5.56 Å². The van der Waals surface area contributed by atoms with Gasteiger partial charge in [-0.2, -0.15) is 0 Å². The van der Waals surface area contributed by atoms with Crippen LogP contribution in [0.4, 0.5) is 0 Å². The summed E-state index contributed by atoms with van der Waals surface area (Å²) in [5, 5.41) is 10.7. The van der Waals surface area contributed by atoms with E-state index in [2.05, 4.69) is 4.98 Å². The lowest BCUT2D eigenvalue weighted by atomic mass is 9.78. The van der Waals surface area contributed by atoms with E-state index in [4.69, 9.17) is 0 Å². The average Bonchev–Trinajstić information content (AvgIpc) is 2.80. The number of aromatic nitrogens is 2. The van der Waals surface area contributed by atoms with Crippen molar-refractivity contribution in [3.8, 4) is 0 Å². The lowest BCUT2D eigenvalue weighted by Gasteiger charge is -2.41. The Morgan fingerprint density at radius 1 is 1.03 bits per heavy atom. The minimum atomic E-state index is -0.413. The number of hydrogen-bond acceptors (Lipinski definition) is 4. The Morgan fingerprint density at radius 2 is 1.73 bits per heavy atom. The van der Waals surface area contributed by atoms with Gasteiger partial charge in [-0.3, -0.25) is 14.2 Å². The molecule has 30 heavy (non-hydrogen) atoms. The Balaban J connectivity index is 1.40. The van der Waals surface area contributed by atoms with E-state index < -0.39 is 5.41 Å². The van der Waals surface area contributed by atoms with Gasteiger partial charge in [-0.15, -0.1) is 0 Å². The molecule has 6 nitrogen and oxygen atoms in total. The largest absolute Gasteiger partial charge is 0.396 e. The minimum absolute atomic E-state index is 0.0156. The van der Waals surface area contributed by atoms with Crippen LogP contribution in [0.2, 0.25) is 0 Å². The van der Waals surface area contributed by atoms with Crippen molar-refractivity contribution >= 4 is 16.8 Å². The van der Waals surface area contributed by atoms with Gasteiger partial charge in [0.2, 0.25) is 5.91 Å². The Kier molecular flexibility index (Phi) is 5.95. The molecule has 0 aliphatic carbocycles. The number of hydrogen-bond donors (Lipinski definition) is 1. The van der Waals surface area contributed by atoms with E-state index in [-0.39, 0.29) is 18.1 Å². The number of fused-ring (bicyclic) bond motifs is 1. The second-order valence-electron chi connectivity index (χ2n) is 8.22. The topological polar surface area (TPSA) is 75.4 Å². The molecule has 0 atom stereocenters.